The van der Waals surface area contributed by atoms with Crippen LogP contribution in [0.3, 0.4) is 0 Å². The lowest BCUT2D eigenvalue weighted by Crippen LogP contribution is -2.37. The molecule has 0 bridgehead atoms. The normalized spacial score (nSPS) is 15.2. The second kappa shape index (κ2) is 22.6. The highest BCUT2D eigenvalue weighted by atomic mass is 35.5. The number of nitrogens with zero attached hydrogens (tertiary/aromatic N) is 4. The number of hydrogen-bond donors (Lipinski definition) is 3. The molecular weight excluding hydrogens is 832 g/mol. The van der Waals surface area contributed by atoms with Gasteiger partial charge in [-0.15, -0.1) is 0 Å². The number of hydrazine groups is 1. The van der Waals surface area contributed by atoms with Gasteiger partial charge in [-0.1, -0.05) is 124 Å². The molecule has 0 spiro atoms. The summed E-state index contributed by atoms with van der Waals surface area (Å²) < 4.78 is 25.2. The summed E-state index contributed by atoms with van der Waals surface area (Å²) in [5.41, 5.74) is 1.49. The molecule has 2 amide bonds. The first-order valence-corrected chi connectivity index (χ1v) is 22.8. The van der Waals surface area contributed by atoms with Crippen molar-refractivity contribution in [1.29, 1.82) is 0 Å². The van der Waals surface area contributed by atoms with Gasteiger partial charge in [0.15, 0.2) is 10.6 Å². The molecule has 1 fully saturated rings. The number of amides is 2. The van der Waals surface area contributed by atoms with Crippen LogP contribution < -0.4 is 21.0 Å². The lowest BCUT2D eigenvalue weighted by atomic mass is 10.1. The van der Waals surface area contributed by atoms with E-state index in [2.05, 4.69) is 27.9 Å². The highest BCUT2D eigenvalue weighted by molar-refractivity contribution is 7.88. The summed E-state index contributed by atoms with van der Waals surface area (Å²) >= 11 is 25.7. The summed E-state index contributed by atoms with van der Waals surface area (Å²) in [7, 11) is -3.33. The molecule has 17 heteroatoms. The Morgan fingerprint density at radius 3 is 1.98 bits per heavy atom. The Morgan fingerprint density at radius 2 is 1.40 bits per heavy atom. The van der Waals surface area contributed by atoms with Crippen molar-refractivity contribution < 1.29 is 22.9 Å². The summed E-state index contributed by atoms with van der Waals surface area (Å²) in [5, 5.41) is 10.3. The van der Waals surface area contributed by atoms with E-state index < -0.39 is 22.1 Å². The van der Waals surface area contributed by atoms with E-state index in [1.54, 1.807) is 49.4 Å². The molecule has 0 saturated carbocycles. The first-order valence-electron chi connectivity index (χ1n) is 19.4. The molecule has 0 aliphatic carbocycles. The number of unbranched alkanes of at least 4 members (excludes halogenated alkanes) is 10. The van der Waals surface area contributed by atoms with Crippen LogP contribution in [0, 0.1) is 4.91 Å². The van der Waals surface area contributed by atoms with Gasteiger partial charge in [-0.2, -0.15) is 0 Å². The fourth-order valence-electron chi connectivity index (χ4n) is 6.42. The zero-order valence-electron chi connectivity index (χ0n) is 32.6. The van der Waals surface area contributed by atoms with Gasteiger partial charge in [-0.3, -0.25) is 9.59 Å². The molecule has 310 valence electrons. The number of benzene rings is 3. The summed E-state index contributed by atoms with van der Waals surface area (Å²) in [5.74, 6) is -0.944. The molecule has 1 atom stereocenters. The molecule has 4 rings (SSSR count). The van der Waals surface area contributed by atoms with Crippen molar-refractivity contribution in [3.63, 3.8) is 0 Å². The minimum absolute atomic E-state index is 0.0322. The Morgan fingerprint density at radius 1 is 0.825 bits per heavy atom. The van der Waals surface area contributed by atoms with Crippen LogP contribution in [0.5, 0.6) is 0 Å². The van der Waals surface area contributed by atoms with Crippen molar-refractivity contribution >= 4 is 102 Å². The van der Waals surface area contributed by atoms with Gasteiger partial charge in [0.2, 0.25) is 21.6 Å². The standard InChI is InChI=1S/C40H51Cl4N7O5S/c1-4-6-7-8-9-10-11-12-13-14-15-16-36(52)46-31-21-22-32(42)35(27-31)48-39-37(40(53)50(51(39)54)38-33(43)25-28(41)26-34(38)44)47-30-19-17-29(18-20-30)45-23-24-49(5-2)57(3,55)56/h17-22,25-27,39,48H,4-16,23-24H2,1-3H3,(H-,45,46,52,53)/p+1. The van der Waals surface area contributed by atoms with Crippen LogP contribution in [0.1, 0.15) is 90.9 Å². The van der Waals surface area contributed by atoms with E-state index in [1.807, 2.05) is 0 Å². The number of rotatable bonds is 23. The maximum Gasteiger partial charge on any atom is 0.355 e. The molecular formula is C40H52Cl4N7O5S+. The number of carbonyl (C=O) groups is 2. The van der Waals surface area contributed by atoms with E-state index in [-0.39, 0.29) is 49.6 Å². The van der Waals surface area contributed by atoms with E-state index in [9.17, 15) is 22.9 Å². The lowest BCUT2D eigenvalue weighted by molar-refractivity contribution is -0.557. The van der Waals surface area contributed by atoms with Gasteiger partial charge in [0.25, 0.3) is 0 Å². The highest BCUT2D eigenvalue weighted by Crippen LogP contribution is 2.39. The molecule has 1 saturated heterocycles. The topological polar surface area (TPSA) is 143 Å². The fraction of sp³-hybridized carbons (Fsp3) is 0.475. The average Bonchev–Trinajstić information content (AvgIpc) is 3.37. The van der Waals surface area contributed by atoms with Crippen molar-refractivity contribution in [3.05, 3.63) is 79.6 Å². The van der Waals surface area contributed by atoms with Crippen LogP contribution in [0.25, 0.3) is 0 Å². The van der Waals surface area contributed by atoms with Gasteiger partial charge in [0.1, 0.15) is 0 Å². The number of sulfonamides is 1. The summed E-state index contributed by atoms with van der Waals surface area (Å²) in [4.78, 5) is 45.9. The number of carbonyl (C=O) groups excluding carboxylic acids is 2. The minimum atomic E-state index is -3.33. The molecule has 0 radical (unpaired) electrons. The second-order valence-electron chi connectivity index (χ2n) is 13.9. The second-order valence-corrected chi connectivity index (χ2v) is 17.6. The molecule has 3 aromatic carbocycles. The highest BCUT2D eigenvalue weighted by Gasteiger charge is 2.56. The van der Waals surface area contributed by atoms with E-state index in [1.165, 1.54) is 74.1 Å². The van der Waals surface area contributed by atoms with Crippen molar-refractivity contribution in [2.45, 2.75) is 97.1 Å². The third-order valence-corrected chi connectivity index (χ3v) is 12.0. The van der Waals surface area contributed by atoms with Crippen LogP contribution >= 0.6 is 46.4 Å². The number of hydrogen-bond acceptors (Lipinski definition) is 8. The van der Waals surface area contributed by atoms with Crippen molar-refractivity contribution in [1.82, 2.24) is 4.31 Å². The van der Waals surface area contributed by atoms with Crippen LogP contribution in [0.15, 0.2) is 59.6 Å². The third-order valence-electron chi connectivity index (χ3n) is 9.46. The number of anilines is 4. The maximum atomic E-state index is 14.0. The molecule has 1 unspecified atom stereocenters. The Balaban J connectivity index is 1.47. The molecule has 3 aromatic rings. The van der Waals surface area contributed by atoms with E-state index >= 15 is 0 Å². The van der Waals surface area contributed by atoms with Gasteiger partial charge in [-0.05, 0) is 66.0 Å². The molecule has 1 aliphatic rings. The van der Waals surface area contributed by atoms with Crippen molar-refractivity contribution in [3.8, 4) is 0 Å². The Bertz CT molecular complexity index is 1980. The number of aliphatic imine (C=N–C) groups is 1. The van der Waals surface area contributed by atoms with Crippen LogP contribution in [-0.2, 0) is 19.6 Å². The molecule has 0 aromatic heterocycles. The van der Waals surface area contributed by atoms with Gasteiger partial charge in [0, 0.05) is 42.5 Å². The molecule has 1 aliphatic heterocycles. The monoisotopic (exact) mass is 882 g/mol. The third kappa shape index (κ3) is 13.8. The van der Waals surface area contributed by atoms with Crippen LogP contribution in [-0.4, -0.2) is 67.2 Å². The van der Waals surface area contributed by atoms with Gasteiger partial charge < -0.3 is 16.0 Å². The van der Waals surface area contributed by atoms with Crippen LogP contribution in [0.2, 0.25) is 20.1 Å². The summed E-state index contributed by atoms with van der Waals surface area (Å²) in [6.45, 7) is 4.99. The summed E-state index contributed by atoms with van der Waals surface area (Å²) in [6, 6.07) is 14.3. The summed E-state index contributed by atoms with van der Waals surface area (Å²) in [6.07, 6.45) is 13.2. The zero-order chi connectivity index (χ0) is 41.5. The quantitative estimate of drug-likeness (QED) is 0.0635. The van der Waals surface area contributed by atoms with Gasteiger partial charge in [0.05, 0.1) is 37.6 Å². The van der Waals surface area contributed by atoms with Crippen molar-refractivity contribution in [2.24, 2.45) is 4.99 Å². The Kier molecular flexibility index (Phi) is 18.4. The minimum Gasteiger partial charge on any atom is -0.384 e. The Labute approximate surface area is 356 Å². The first kappa shape index (κ1) is 46.2. The van der Waals surface area contributed by atoms with E-state index in [4.69, 9.17) is 46.4 Å². The predicted octanol–water partition coefficient (Wildman–Crippen LogP) is 10.9. The van der Waals surface area contributed by atoms with Crippen molar-refractivity contribution in [2.75, 3.05) is 46.8 Å². The van der Waals surface area contributed by atoms with E-state index in [0.29, 0.717) is 41.4 Å². The fourth-order valence-corrected chi connectivity index (χ4v) is 8.46. The largest absolute Gasteiger partial charge is 0.384 e. The molecule has 1 heterocycles. The van der Waals surface area contributed by atoms with Gasteiger partial charge in [-0.25, -0.2) is 17.7 Å². The molecule has 57 heavy (non-hydrogen) atoms. The lowest BCUT2D eigenvalue weighted by Gasteiger charge is -2.18. The predicted molar refractivity (Wildman–Crippen MR) is 235 cm³/mol. The van der Waals surface area contributed by atoms with E-state index in [0.717, 1.165) is 24.3 Å². The molecule has 12 nitrogen and oxygen atoms in total. The number of nitroso groups, excluding NO2 is 1. The smallest absolute Gasteiger partial charge is 0.355 e. The number of likely N-dealkylation sites (N-methyl/N-ethyl adjacent to an activating group) is 1. The van der Waals surface area contributed by atoms with Crippen LogP contribution in [0.4, 0.5) is 28.4 Å². The number of halogens is 4. The first-order chi connectivity index (χ1) is 27.2. The SMILES string of the molecule is CCCCCCCCCCCCCC(=O)Nc1ccc(Cl)c(NC2C(=Nc3ccc(NCCN(CC)S(C)(=O)=O)cc3)C(=O)N(c3c(Cl)cc(Cl)cc3Cl)[N+]2=O)c1. The Hall–Kier alpha value is -3.46. The average molecular weight is 885 g/mol. The zero-order valence-corrected chi connectivity index (χ0v) is 36.5. The molecule has 3 N–H and O–H groups in total. The maximum absolute atomic E-state index is 14.0. The van der Waals surface area contributed by atoms with Gasteiger partial charge >= 0.3 is 12.1 Å². The number of nitrogens with one attached hydrogen (secondary N) is 3.